The van der Waals surface area contributed by atoms with Crippen molar-refractivity contribution < 1.29 is 9.18 Å². The molecular weight excluding hydrogens is 353 g/mol. The topological polar surface area (TPSA) is 74.8 Å². The molecule has 7 heteroatoms. The third-order valence-corrected chi connectivity index (χ3v) is 5.22. The number of aromatic amines is 1. The number of thiazole rings is 1. The number of nitrogens with zero attached hydrogens (tertiary/aromatic N) is 1. The molecule has 1 aliphatic rings. The van der Waals surface area contributed by atoms with Crippen molar-refractivity contribution in [3.8, 4) is 0 Å². The fourth-order valence-corrected chi connectivity index (χ4v) is 3.84. The van der Waals surface area contributed by atoms with E-state index in [-0.39, 0.29) is 17.1 Å². The van der Waals surface area contributed by atoms with Crippen molar-refractivity contribution in [3.05, 3.63) is 80.5 Å². The van der Waals surface area contributed by atoms with E-state index < -0.39 is 5.91 Å². The minimum atomic E-state index is -0.420. The zero-order chi connectivity index (χ0) is 18.1. The van der Waals surface area contributed by atoms with E-state index in [1.807, 2.05) is 6.07 Å². The van der Waals surface area contributed by atoms with Gasteiger partial charge in [-0.2, -0.15) is 0 Å². The van der Waals surface area contributed by atoms with E-state index in [0.717, 1.165) is 23.4 Å². The maximum Gasteiger partial charge on any atom is 0.273 e. The summed E-state index contributed by atoms with van der Waals surface area (Å²) in [4.78, 5) is 31.7. The Bertz CT molecular complexity index is 1020. The number of rotatable bonds is 5. The summed E-state index contributed by atoms with van der Waals surface area (Å²) in [5.74, 6) is -0.276. The van der Waals surface area contributed by atoms with Crippen LogP contribution in [0.5, 0.6) is 0 Å². The SMILES string of the molecule is O=C(Nc1nc(C2CC2)c(Cc2ccccc2F)s1)c1cccc(=O)[nH]1. The normalized spacial score (nSPS) is 13.6. The Labute approximate surface area is 152 Å². The lowest BCUT2D eigenvalue weighted by Gasteiger charge is -2.02. The Kier molecular flexibility index (Phi) is 4.38. The molecule has 1 fully saturated rings. The minimum Gasteiger partial charge on any atom is -0.318 e. The van der Waals surface area contributed by atoms with Crippen LogP contribution in [0.1, 0.15) is 45.4 Å². The summed E-state index contributed by atoms with van der Waals surface area (Å²) in [5.41, 5.74) is 1.39. The molecule has 26 heavy (non-hydrogen) atoms. The minimum absolute atomic E-state index is 0.177. The maximum atomic E-state index is 14.0. The molecule has 1 aliphatic carbocycles. The monoisotopic (exact) mass is 369 g/mol. The second-order valence-corrected chi connectivity index (χ2v) is 7.34. The predicted octanol–water partition coefficient (Wildman–Crippen LogP) is 3.69. The first-order valence-electron chi connectivity index (χ1n) is 8.34. The van der Waals surface area contributed by atoms with Crippen LogP contribution in [-0.4, -0.2) is 15.9 Å². The molecule has 1 saturated carbocycles. The summed E-state index contributed by atoms with van der Waals surface area (Å²) in [5, 5.41) is 3.20. The molecule has 0 atom stereocenters. The third kappa shape index (κ3) is 3.57. The molecule has 4 rings (SSSR count). The fourth-order valence-electron chi connectivity index (χ4n) is 2.78. The van der Waals surface area contributed by atoms with Crippen molar-refractivity contribution >= 4 is 22.4 Å². The highest BCUT2D eigenvalue weighted by atomic mass is 32.1. The zero-order valence-corrected chi connectivity index (χ0v) is 14.6. The van der Waals surface area contributed by atoms with Crippen LogP contribution in [0.3, 0.4) is 0 Å². The number of pyridine rings is 1. The summed E-state index contributed by atoms with van der Waals surface area (Å²) in [7, 11) is 0. The Morgan fingerprint density at radius 2 is 2.04 bits per heavy atom. The highest BCUT2D eigenvalue weighted by molar-refractivity contribution is 7.16. The standard InChI is InChI=1S/C19H16FN3O2S/c20-13-5-2-1-4-12(13)10-15-17(11-8-9-11)22-19(26-15)23-18(25)14-6-3-7-16(24)21-14/h1-7,11H,8-10H2,(H,21,24)(H,22,23,25). The van der Waals surface area contributed by atoms with Crippen molar-refractivity contribution in [2.75, 3.05) is 5.32 Å². The number of nitrogens with one attached hydrogen (secondary N) is 2. The quantitative estimate of drug-likeness (QED) is 0.720. The molecule has 1 amide bonds. The first-order chi connectivity index (χ1) is 12.6. The van der Waals surface area contributed by atoms with Gasteiger partial charge in [-0.3, -0.25) is 14.9 Å². The highest BCUT2D eigenvalue weighted by Gasteiger charge is 2.30. The molecule has 0 radical (unpaired) electrons. The van der Waals surface area contributed by atoms with Gasteiger partial charge in [-0.15, -0.1) is 11.3 Å². The van der Waals surface area contributed by atoms with Crippen molar-refractivity contribution in [3.63, 3.8) is 0 Å². The van der Waals surface area contributed by atoms with Gasteiger partial charge in [-0.1, -0.05) is 24.3 Å². The van der Waals surface area contributed by atoms with E-state index in [1.165, 1.54) is 35.6 Å². The second kappa shape index (κ2) is 6.84. The van der Waals surface area contributed by atoms with Gasteiger partial charge in [0.1, 0.15) is 11.5 Å². The van der Waals surface area contributed by atoms with E-state index in [2.05, 4.69) is 15.3 Å². The molecule has 2 aromatic heterocycles. The van der Waals surface area contributed by atoms with Crippen molar-refractivity contribution in [1.82, 2.24) is 9.97 Å². The van der Waals surface area contributed by atoms with Crippen LogP contribution in [0.25, 0.3) is 0 Å². The summed E-state index contributed by atoms with van der Waals surface area (Å²) in [6.07, 6.45) is 2.58. The van der Waals surface area contributed by atoms with Crippen LogP contribution < -0.4 is 10.9 Å². The predicted molar refractivity (Wildman–Crippen MR) is 98.3 cm³/mol. The van der Waals surface area contributed by atoms with Gasteiger partial charge in [0.25, 0.3) is 5.91 Å². The number of amides is 1. The van der Waals surface area contributed by atoms with E-state index in [0.29, 0.717) is 23.0 Å². The molecule has 0 aliphatic heterocycles. The van der Waals surface area contributed by atoms with Crippen LogP contribution in [0.2, 0.25) is 0 Å². The van der Waals surface area contributed by atoms with Crippen LogP contribution in [0.15, 0.2) is 47.3 Å². The Morgan fingerprint density at radius 3 is 2.77 bits per heavy atom. The zero-order valence-electron chi connectivity index (χ0n) is 13.8. The molecular formula is C19H16FN3O2S. The Morgan fingerprint density at radius 1 is 1.23 bits per heavy atom. The van der Waals surface area contributed by atoms with Crippen LogP contribution >= 0.6 is 11.3 Å². The first kappa shape index (κ1) is 16.7. The smallest absolute Gasteiger partial charge is 0.273 e. The molecule has 132 valence electrons. The number of benzene rings is 1. The lowest BCUT2D eigenvalue weighted by Crippen LogP contribution is -2.17. The van der Waals surface area contributed by atoms with Crippen LogP contribution in [0.4, 0.5) is 9.52 Å². The number of H-pyrrole nitrogens is 1. The largest absolute Gasteiger partial charge is 0.318 e. The number of carbonyl (C=O) groups is 1. The molecule has 2 heterocycles. The Hall–Kier alpha value is -2.80. The summed E-state index contributed by atoms with van der Waals surface area (Å²) >= 11 is 1.36. The lowest BCUT2D eigenvalue weighted by atomic mass is 10.1. The summed E-state index contributed by atoms with van der Waals surface area (Å²) < 4.78 is 14.0. The van der Waals surface area contributed by atoms with E-state index in [4.69, 9.17) is 0 Å². The molecule has 0 unspecified atom stereocenters. The van der Waals surface area contributed by atoms with Crippen molar-refractivity contribution in [1.29, 1.82) is 0 Å². The number of aromatic nitrogens is 2. The average Bonchev–Trinajstić information content (AvgIpc) is 3.39. The molecule has 3 aromatic rings. The van der Waals surface area contributed by atoms with Gasteiger partial charge in [-0.05, 0) is 30.5 Å². The van der Waals surface area contributed by atoms with Gasteiger partial charge in [0.05, 0.1) is 5.69 Å². The fraction of sp³-hybridized carbons (Fsp3) is 0.211. The van der Waals surface area contributed by atoms with Crippen LogP contribution in [-0.2, 0) is 6.42 Å². The van der Waals surface area contributed by atoms with Crippen molar-refractivity contribution in [2.45, 2.75) is 25.2 Å². The number of hydrogen-bond acceptors (Lipinski definition) is 4. The van der Waals surface area contributed by atoms with Gasteiger partial charge < -0.3 is 4.98 Å². The van der Waals surface area contributed by atoms with Gasteiger partial charge >= 0.3 is 0 Å². The van der Waals surface area contributed by atoms with Crippen molar-refractivity contribution in [2.24, 2.45) is 0 Å². The molecule has 5 nitrogen and oxygen atoms in total. The molecule has 0 bridgehead atoms. The molecule has 0 spiro atoms. The van der Waals surface area contributed by atoms with E-state index in [9.17, 15) is 14.0 Å². The van der Waals surface area contributed by atoms with Crippen LogP contribution in [0, 0.1) is 5.82 Å². The third-order valence-electron chi connectivity index (χ3n) is 4.23. The van der Waals surface area contributed by atoms with Gasteiger partial charge in [0.2, 0.25) is 5.56 Å². The number of halogens is 1. The summed E-state index contributed by atoms with van der Waals surface area (Å²) in [6.45, 7) is 0. The molecule has 2 N–H and O–H groups in total. The van der Waals surface area contributed by atoms with E-state index >= 15 is 0 Å². The lowest BCUT2D eigenvalue weighted by molar-refractivity contribution is 0.102. The highest BCUT2D eigenvalue weighted by Crippen LogP contribution is 2.44. The van der Waals surface area contributed by atoms with E-state index in [1.54, 1.807) is 12.1 Å². The number of anilines is 1. The van der Waals surface area contributed by atoms with Gasteiger partial charge in [0, 0.05) is 23.3 Å². The number of carbonyl (C=O) groups excluding carboxylic acids is 1. The first-order valence-corrected chi connectivity index (χ1v) is 9.15. The second-order valence-electron chi connectivity index (χ2n) is 6.25. The summed E-state index contributed by atoms with van der Waals surface area (Å²) in [6, 6.07) is 11.1. The van der Waals surface area contributed by atoms with Gasteiger partial charge in [0.15, 0.2) is 5.13 Å². The molecule has 0 saturated heterocycles. The van der Waals surface area contributed by atoms with Gasteiger partial charge in [-0.25, -0.2) is 9.37 Å². The number of hydrogen-bond donors (Lipinski definition) is 2. The Balaban J connectivity index is 1.59. The average molecular weight is 369 g/mol. The maximum absolute atomic E-state index is 14.0. The molecule has 1 aromatic carbocycles.